The molecular formula is C18H31N5O6S. The zero-order valence-electron chi connectivity index (χ0n) is 17.9. The number of carbonyl (C=O) groups is 2. The van der Waals surface area contributed by atoms with Crippen molar-refractivity contribution in [3.05, 3.63) is 11.3 Å². The number of rotatable bonds is 4. The van der Waals surface area contributed by atoms with E-state index in [0.717, 1.165) is 25.5 Å². The van der Waals surface area contributed by atoms with Crippen molar-refractivity contribution >= 4 is 27.7 Å². The molecule has 1 aliphatic rings. The van der Waals surface area contributed by atoms with Crippen molar-refractivity contribution < 1.29 is 27.9 Å². The number of hydrogen-bond acceptors (Lipinski definition) is 9. The highest BCUT2D eigenvalue weighted by Crippen LogP contribution is 2.30. The SMILES string of the molecule is CC(C)(C)c1nc(S(C)(=O)=O)nc(N[C@@H]2CCC[C@H](O)C2)c1C(N)=O.COC(N)=O. The van der Waals surface area contributed by atoms with Crippen LogP contribution in [0.5, 0.6) is 0 Å². The van der Waals surface area contributed by atoms with E-state index < -0.39 is 33.4 Å². The lowest BCUT2D eigenvalue weighted by Gasteiger charge is -2.29. The van der Waals surface area contributed by atoms with Gasteiger partial charge in [0.1, 0.15) is 11.4 Å². The molecule has 2 atom stereocenters. The number of hydrogen-bond donors (Lipinski definition) is 4. The van der Waals surface area contributed by atoms with E-state index >= 15 is 0 Å². The second-order valence-electron chi connectivity index (χ2n) is 8.15. The van der Waals surface area contributed by atoms with Gasteiger partial charge in [0.2, 0.25) is 15.0 Å². The largest absolute Gasteiger partial charge is 0.453 e. The van der Waals surface area contributed by atoms with Crippen LogP contribution in [0.15, 0.2) is 5.16 Å². The van der Waals surface area contributed by atoms with Gasteiger partial charge in [-0.25, -0.2) is 23.2 Å². The molecule has 0 bridgehead atoms. The number of nitrogens with zero attached hydrogens (tertiary/aromatic N) is 2. The van der Waals surface area contributed by atoms with Gasteiger partial charge in [-0.2, -0.15) is 0 Å². The van der Waals surface area contributed by atoms with Crippen molar-refractivity contribution in [1.29, 1.82) is 0 Å². The maximum atomic E-state index is 12.1. The van der Waals surface area contributed by atoms with E-state index in [9.17, 15) is 23.1 Å². The van der Waals surface area contributed by atoms with E-state index in [1.165, 1.54) is 7.11 Å². The Hall–Kier alpha value is -2.47. The van der Waals surface area contributed by atoms with Crippen LogP contribution >= 0.6 is 0 Å². The Kier molecular flexibility index (Phi) is 8.54. The summed E-state index contributed by atoms with van der Waals surface area (Å²) in [7, 11) is -2.44. The Morgan fingerprint density at radius 3 is 2.17 bits per heavy atom. The smallest absolute Gasteiger partial charge is 0.404 e. The van der Waals surface area contributed by atoms with Gasteiger partial charge in [-0.05, 0) is 25.7 Å². The maximum absolute atomic E-state index is 12.1. The number of aliphatic hydroxyl groups is 1. The van der Waals surface area contributed by atoms with Crippen LogP contribution in [0.2, 0.25) is 0 Å². The minimum absolute atomic E-state index is 0.0972. The molecule has 30 heavy (non-hydrogen) atoms. The van der Waals surface area contributed by atoms with Gasteiger partial charge in [-0.1, -0.05) is 20.8 Å². The zero-order chi connectivity index (χ0) is 23.3. The summed E-state index contributed by atoms with van der Waals surface area (Å²) in [6.07, 6.45) is 2.70. The summed E-state index contributed by atoms with van der Waals surface area (Å²) in [5.74, 6) is -0.601. The fourth-order valence-electron chi connectivity index (χ4n) is 2.98. The summed E-state index contributed by atoms with van der Waals surface area (Å²) in [5, 5.41) is 12.6. The lowest BCUT2D eigenvalue weighted by atomic mass is 9.88. The molecule has 1 fully saturated rings. The van der Waals surface area contributed by atoms with E-state index in [0.29, 0.717) is 6.42 Å². The predicted octanol–water partition coefficient (Wildman–Crippen LogP) is 0.703. The summed E-state index contributed by atoms with van der Waals surface area (Å²) in [4.78, 5) is 29.6. The molecule has 12 heteroatoms. The monoisotopic (exact) mass is 445 g/mol. The van der Waals surface area contributed by atoms with Crippen LogP contribution in [0.1, 0.15) is 62.5 Å². The number of carbonyl (C=O) groups excluding carboxylic acids is 2. The van der Waals surface area contributed by atoms with Crippen LogP contribution in [-0.4, -0.2) is 61.0 Å². The van der Waals surface area contributed by atoms with Crippen LogP contribution in [-0.2, 0) is 20.0 Å². The van der Waals surface area contributed by atoms with Crippen LogP contribution in [0.3, 0.4) is 0 Å². The number of anilines is 1. The Morgan fingerprint density at radius 1 is 1.20 bits per heavy atom. The molecule has 1 saturated carbocycles. The summed E-state index contributed by atoms with van der Waals surface area (Å²) < 4.78 is 27.9. The second-order valence-corrected chi connectivity index (χ2v) is 10.1. The summed E-state index contributed by atoms with van der Waals surface area (Å²) in [6, 6.07) is -0.114. The van der Waals surface area contributed by atoms with Crippen molar-refractivity contribution in [1.82, 2.24) is 9.97 Å². The number of sulfone groups is 1. The van der Waals surface area contributed by atoms with Gasteiger partial charge in [0.25, 0.3) is 5.91 Å². The third-order valence-electron chi connectivity index (χ3n) is 4.37. The van der Waals surface area contributed by atoms with Crippen LogP contribution in [0.25, 0.3) is 0 Å². The first-order chi connectivity index (χ1) is 13.7. The Labute approximate surface area is 176 Å². The molecule has 0 aromatic carbocycles. The van der Waals surface area contributed by atoms with Crippen molar-refractivity contribution in [2.24, 2.45) is 11.5 Å². The molecular weight excluding hydrogens is 414 g/mol. The zero-order valence-corrected chi connectivity index (χ0v) is 18.7. The molecule has 0 aliphatic heterocycles. The molecule has 1 aliphatic carbocycles. The maximum Gasteiger partial charge on any atom is 0.404 e. The minimum Gasteiger partial charge on any atom is -0.453 e. The lowest BCUT2D eigenvalue weighted by molar-refractivity contribution is 0.0997. The fraction of sp³-hybridized carbons (Fsp3) is 0.667. The van der Waals surface area contributed by atoms with Gasteiger partial charge in [0, 0.05) is 17.7 Å². The molecule has 11 nitrogen and oxygen atoms in total. The van der Waals surface area contributed by atoms with Gasteiger partial charge in [-0.3, -0.25) is 4.79 Å². The number of nitrogens with one attached hydrogen (secondary N) is 1. The number of aromatic nitrogens is 2. The first kappa shape index (κ1) is 25.6. The molecule has 1 heterocycles. The van der Waals surface area contributed by atoms with Crippen LogP contribution in [0.4, 0.5) is 10.6 Å². The molecule has 0 radical (unpaired) electrons. The quantitative estimate of drug-likeness (QED) is 0.484. The van der Waals surface area contributed by atoms with Gasteiger partial charge < -0.3 is 26.6 Å². The number of amides is 2. The van der Waals surface area contributed by atoms with E-state index in [-0.39, 0.29) is 28.3 Å². The average molecular weight is 446 g/mol. The van der Waals surface area contributed by atoms with Crippen LogP contribution in [0, 0.1) is 0 Å². The third kappa shape index (κ3) is 7.41. The van der Waals surface area contributed by atoms with E-state index in [1.807, 2.05) is 20.8 Å². The third-order valence-corrected chi connectivity index (χ3v) is 5.21. The minimum atomic E-state index is -3.67. The Bertz CT molecular complexity index is 882. The van der Waals surface area contributed by atoms with E-state index in [1.54, 1.807) is 0 Å². The van der Waals surface area contributed by atoms with Crippen molar-refractivity contribution in [3.8, 4) is 0 Å². The number of methoxy groups -OCH3 is 1. The molecule has 0 saturated heterocycles. The van der Waals surface area contributed by atoms with Crippen LogP contribution < -0.4 is 16.8 Å². The van der Waals surface area contributed by atoms with Gasteiger partial charge >= 0.3 is 6.09 Å². The molecule has 0 spiro atoms. The topological polar surface area (TPSA) is 188 Å². The molecule has 1 aromatic rings. The molecule has 1 aromatic heterocycles. The molecule has 170 valence electrons. The number of ether oxygens (including phenoxy) is 1. The van der Waals surface area contributed by atoms with Gasteiger partial charge in [0.05, 0.1) is 18.9 Å². The first-order valence-corrected chi connectivity index (χ1v) is 11.3. The molecule has 2 rings (SSSR count). The van der Waals surface area contributed by atoms with E-state index in [2.05, 4.69) is 25.8 Å². The lowest BCUT2D eigenvalue weighted by Crippen LogP contribution is -2.33. The van der Waals surface area contributed by atoms with Crippen molar-refractivity contribution in [3.63, 3.8) is 0 Å². The van der Waals surface area contributed by atoms with Gasteiger partial charge in [0.15, 0.2) is 0 Å². The second kappa shape index (κ2) is 10.0. The molecule has 0 unspecified atom stereocenters. The van der Waals surface area contributed by atoms with E-state index in [4.69, 9.17) is 5.73 Å². The summed E-state index contributed by atoms with van der Waals surface area (Å²) in [6.45, 7) is 5.46. The Balaban J connectivity index is 0.000000804. The molecule has 6 N–H and O–H groups in total. The summed E-state index contributed by atoms with van der Waals surface area (Å²) >= 11 is 0. The van der Waals surface area contributed by atoms with Crippen molar-refractivity contribution in [2.75, 3.05) is 18.7 Å². The fourth-order valence-corrected chi connectivity index (χ4v) is 3.49. The predicted molar refractivity (Wildman–Crippen MR) is 111 cm³/mol. The standard InChI is InChI=1S/C16H26N4O4S.C2H5NO2/c1-16(2,3)12-11(13(17)22)14(20-15(19-12)25(4,23)24)18-9-6-5-7-10(21)8-9;1-5-2(3)4/h9-10,21H,5-8H2,1-4H3,(H2,17,22)(H,18,19,20);1H3,(H2,3,4)/t9-,10+;/m1./s1. The first-order valence-electron chi connectivity index (χ1n) is 9.37. The highest BCUT2D eigenvalue weighted by molar-refractivity contribution is 7.90. The highest BCUT2D eigenvalue weighted by atomic mass is 32.2. The van der Waals surface area contributed by atoms with Gasteiger partial charge in [-0.15, -0.1) is 0 Å². The number of primary amides is 2. The number of aliphatic hydroxyl groups excluding tert-OH is 1. The average Bonchev–Trinajstić information content (AvgIpc) is 2.59. The highest BCUT2D eigenvalue weighted by Gasteiger charge is 2.31. The van der Waals surface area contributed by atoms with Crippen molar-refractivity contribution in [2.45, 2.75) is 69.2 Å². The summed E-state index contributed by atoms with van der Waals surface area (Å²) in [5.41, 5.74) is 9.76. The Morgan fingerprint density at radius 2 is 1.77 bits per heavy atom. The number of nitrogens with two attached hydrogens (primary N) is 2. The normalized spacial score (nSPS) is 19.3. The molecule has 2 amide bonds.